The minimum atomic E-state index is -0.145. The third-order valence-corrected chi connectivity index (χ3v) is 4.16. The van der Waals surface area contributed by atoms with Crippen LogP contribution < -0.4 is 10.6 Å². The van der Waals surface area contributed by atoms with Crippen molar-refractivity contribution in [3.05, 3.63) is 83.4 Å². The number of para-hydroxylation sites is 1. The normalized spacial score (nSPS) is 10.3. The Morgan fingerprint density at radius 3 is 2.40 bits per heavy atom. The lowest BCUT2D eigenvalue weighted by Crippen LogP contribution is -2.22. The zero-order chi connectivity index (χ0) is 17.6. The summed E-state index contributed by atoms with van der Waals surface area (Å²) in [6.45, 7) is 2.12. The van der Waals surface area contributed by atoms with Gasteiger partial charge in [0.05, 0.1) is 17.3 Å². The van der Waals surface area contributed by atoms with Crippen LogP contribution in [0.5, 0.6) is 0 Å². The second kappa shape index (κ2) is 7.86. The van der Waals surface area contributed by atoms with E-state index >= 15 is 0 Å². The molecule has 0 saturated heterocycles. The van der Waals surface area contributed by atoms with Crippen LogP contribution in [-0.4, -0.2) is 12.5 Å². The highest BCUT2D eigenvalue weighted by Gasteiger charge is 2.08. The van der Waals surface area contributed by atoms with Gasteiger partial charge in [0.1, 0.15) is 0 Å². The number of amides is 1. The Morgan fingerprint density at radius 2 is 1.64 bits per heavy atom. The molecule has 0 atom stereocenters. The topological polar surface area (TPSA) is 41.1 Å². The van der Waals surface area contributed by atoms with Crippen molar-refractivity contribution >= 4 is 28.9 Å². The highest BCUT2D eigenvalue weighted by atomic mass is 35.5. The molecule has 3 nitrogen and oxygen atoms in total. The van der Waals surface area contributed by atoms with Crippen LogP contribution in [0, 0.1) is 6.92 Å². The van der Waals surface area contributed by atoms with Crippen molar-refractivity contribution in [2.45, 2.75) is 6.92 Å². The average Bonchev–Trinajstić information content (AvgIpc) is 2.63. The van der Waals surface area contributed by atoms with Crippen molar-refractivity contribution in [2.75, 3.05) is 17.2 Å². The maximum atomic E-state index is 12.2. The fourth-order valence-corrected chi connectivity index (χ4v) is 2.88. The Balaban J connectivity index is 1.69. The number of hydrogen-bond acceptors (Lipinski definition) is 2. The van der Waals surface area contributed by atoms with Crippen molar-refractivity contribution in [3.8, 4) is 11.1 Å². The largest absolute Gasteiger partial charge is 0.376 e. The summed E-state index contributed by atoms with van der Waals surface area (Å²) < 4.78 is 0. The van der Waals surface area contributed by atoms with Crippen molar-refractivity contribution in [1.29, 1.82) is 0 Å². The average molecular weight is 351 g/mol. The van der Waals surface area contributed by atoms with E-state index in [0.29, 0.717) is 10.7 Å². The van der Waals surface area contributed by atoms with Gasteiger partial charge in [0.2, 0.25) is 5.91 Å². The lowest BCUT2D eigenvalue weighted by atomic mass is 10.0. The van der Waals surface area contributed by atoms with Gasteiger partial charge in [0, 0.05) is 11.3 Å². The van der Waals surface area contributed by atoms with Crippen molar-refractivity contribution in [2.24, 2.45) is 0 Å². The number of carbonyl (C=O) groups excluding carboxylic acids is 1. The number of benzene rings is 3. The smallest absolute Gasteiger partial charge is 0.243 e. The quantitative estimate of drug-likeness (QED) is 0.649. The van der Waals surface area contributed by atoms with Crippen LogP contribution in [0.3, 0.4) is 0 Å². The lowest BCUT2D eigenvalue weighted by Gasteiger charge is -2.13. The van der Waals surface area contributed by atoms with Gasteiger partial charge in [-0.25, -0.2) is 0 Å². The molecule has 3 aromatic carbocycles. The van der Waals surface area contributed by atoms with E-state index in [1.54, 1.807) is 0 Å². The summed E-state index contributed by atoms with van der Waals surface area (Å²) in [5.41, 5.74) is 4.75. The molecule has 3 rings (SSSR count). The third kappa shape index (κ3) is 4.40. The minimum absolute atomic E-state index is 0.145. The molecule has 25 heavy (non-hydrogen) atoms. The van der Waals surface area contributed by atoms with E-state index in [0.717, 1.165) is 22.4 Å². The molecular formula is C21H19ClN2O. The second-order valence-electron chi connectivity index (χ2n) is 5.80. The minimum Gasteiger partial charge on any atom is -0.376 e. The van der Waals surface area contributed by atoms with Crippen LogP contribution in [0.4, 0.5) is 11.4 Å². The van der Waals surface area contributed by atoms with E-state index < -0.39 is 0 Å². The molecule has 2 N–H and O–H groups in total. The standard InChI is InChI=1S/C21H19ClN2O/c1-15-11-12-20(18(22)13-15)24-21(25)14-23-19-10-6-5-9-17(19)16-7-3-2-4-8-16/h2-13,23H,14H2,1H3,(H,24,25). The molecule has 4 heteroatoms. The zero-order valence-corrected chi connectivity index (χ0v) is 14.7. The Hall–Kier alpha value is -2.78. The van der Waals surface area contributed by atoms with E-state index in [2.05, 4.69) is 10.6 Å². The number of carbonyl (C=O) groups is 1. The molecule has 0 aliphatic carbocycles. The number of anilines is 2. The van der Waals surface area contributed by atoms with Crippen LogP contribution in [0.1, 0.15) is 5.56 Å². The molecule has 0 bridgehead atoms. The molecule has 0 saturated carbocycles. The fourth-order valence-electron chi connectivity index (χ4n) is 2.60. The van der Waals surface area contributed by atoms with E-state index in [4.69, 9.17) is 11.6 Å². The van der Waals surface area contributed by atoms with E-state index in [-0.39, 0.29) is 12.5 Å². The molecule has 126 valence electrons. The summed E-state index contributed by atoms with van der Waals surface area (Å²) in [4.78, 5) is 12.2. The third-order valence-electron chi connectivity index (χ3n) is 3.85. The van der Waals surface area contributed by atoms with Gasteiger partial charge in [-0.3, -0.25) is 4.79 Å². The number of aryl methyl sites for hydroxylation is 1. The number of nitrogens with one attached hydrogen (secondary N) is 2. The second-order valence-corrected chi connectivity index (χ2v) is 6.20. The molecule has 0 heterocycles. The van der Waals surface area contributed by atoms with Gasteiger partial charge in [-0.05, 0) is 36.2 Å². The monoisotopic (exact) mass is 350 g/mol. The molecule has 1 amide bonds. The molecule has 3 aromatic rings. The lowest BCUT2D eigenvalue weighted by molar-refractivity contribution is -0.114. The molecule has 0 radical (unpaired) electrons. The Labute approximate surface area is 152 Å². The van der Waals surface area contributed by atoms with Crippen molar-refractivity contribution < 1.29 is 4.79 Å². The number of halogens is 1. The van der Waals surface area contributed by atoms with Crippen molar-refractivity contribution in [3.63, 3.8) is 0 Å². The van der Waals surface area contributed by atoms with E-state index in [9.17, 15) is 4.79 Å². The Morgan fingerprint density at radius 1 is 0.920 bits per heavy atom. The SMILES string of the molecule is Cc1ccc(NC(=O)CNc2ccccc2-c2ccccc2)c(Cl)c1. The van der Waals surface area contributed by atoms with E-state index in [1.807, 2.05) is 79.7 Å². The Bertz CT molecular complexity index is 878. The van der Waals surface area contributed by atoms with Gasteiger partial charge in [-0.15, -0.1) is 0 Å². The maximum absolute atomic E-state index is 12.2. The fraction of sp³-hybridized carbons (Fsp3) is 0.0952. The predicted molar refractivity (Wildman–Crippen MR) is 105 cm³/mol. The molecule has 0 aliphatic heterocycles. The van der Waals surface area contributed by atoms with Gasteiger partial charge < -0.3 is 10.6 Å². The van der Waals surface area contributed by atoms with Gasteiger partial charge in [-0.1, -0.05) is 66.2 Å². The summed E-state index contributed by atoms with van der Waals surface area (Å²) in [7, 11) is 0. The summed E-state index contributed by atoms with van der Waals surface area (Å²) in [6, 6.07) is 23.6. The highest BCUT2D eigenvalue weighted by molar-refractivity contribution is 6.33. The molecule has 0 aliphatic rings. The van der Waals surface area contributed by atoms with Crippen LogP contribution in [0.15, 0.2) is 72.8 Å². The summed E-state index contributed by atoms with van der Waals surface area (Å²) in [5, 5.41) is 6.58. The van der Waals surface area contributed by atoms with Crippen LogP contribution in [0.25, 0.3) is 11.1 Å². The number of rotatable bonds is 5. The van der Waals surface area contributed by atoms with Gasteiger partial charge in [-0.2, -0.15) is 0 Å². The first-order valence-electron chi connectivity index (χ1n) is 8.08. The van der Waals surface area contributed by atoms with Gasteiger partial charge >= 0.3 is 0 Å². The first-order valence-corrected chi connectivity index (χ1v) is 8.45. The van der Waals surface area contributed by atoms with Gasteiger partial charge in [0.25, 0.3) is 0 Å². The zero-order valence-electron chi connectivity index (χ0n) is 13.9. The molecule has 0 spiro atoms. The van der Waals surface area contributed by atoms with Gasteiger partial charge in [0.15, 0.2) is 0 Å². The first kappa shape index (κ1) is 17.1. The Kier molecular flexibility index (Phi) is 5.36. The molecule has 0 fully saturated rings. The van der Waals surface area contributed by atoms with E-state index in [1.165, 1.54) is 0 Å². The highest BCUT2D eigenvalue weighted by Crippen LogP contribution is 2.27. The first-order chi connectivity index (χ1) is 12.1. The number of hydrogen-bond donors (Lipinski definition) is 2. The predicted octanol–water partition coefficient (Wildman–Crippen LogP) is 5.37. The summed E-state index contributed by atoms with van der Waals surface area (Å²) >= 11 is 6.16. The maximum Gasteiger partial charge on any atom is 0.243 e. The van der Waals surface area contributed by atoms with Crippen LogP contribution in [-0.2, 0) is 4.79 Å². The summed E-state index contributed by atoms with van der Waals surface area (Å²) in [5.74, 6) is -0.145. The van der Waals surface area contributed by atoms with Crippen LogP contribution >= 0.6 is 11.6 Å². The van der Waals surface area contributed by atoms with Crippen LogP contribution in [0.2, 0.25) is 5.02 Å². The molecule has 0 aromatic heterocycles. The molecule has 0 unspecified atom stereocenters. The van der Waals surface area contributed by atoms with Crippen molar-refractivity contribution in [1.82, 2.24) is 0 Å². The summed E-state index contributed by atoms with van der Waals surface area (Å²) in [6.07, 6.45) is 0. The molecular weight excluding hydrogens is 332 g/mol.